The molecule has 2 aromatic rings. The number of halogens is 2. The van der Waals surface area contributed by atoms with Crippen LogP contribution in [-0.2, 0) is 0 Å². The van der Waals surface area contributed by atoms with Crippen molar-refractivity contribution in [3.8, 4) is 0 Å². The van der Waals surface area contributed by atoms with Gasteiger partial charge in [0.2, 0.25) is 0 Å². The molecule has 5 nitrogen and oxygen atoms in total. The van der Waals surface area contributed by atoms with Crippen molar-refractivity contribution in [1.29, 1.82) is 0 Å². The Labute approximate surface area is 170 Å². The summed E-state index contributed by atoms with van der Waals surface area (Å²) in [6.45, 7) is 0.875. The molecule has 0 aliphatic carbocycles. The molecule has 0 radical (unpaired) electrons. The molecular formula is C18H22Cl2N4OS. The number of furan rings is 1. The summed E-state index contributed by atoms with van der Waals surface area (Å²) in [5.74, 6) is 0.777. The third-order valence-corrected chi connectivity index (χ3v) is 3.65. The lowest BCUT2D eigenvalue weighted by molar-refractivity contribution is 0.422. The van der Waals surface area contributed by atoms with Gasteiger partial charge in [-0.05, 0) is 74.9 Å². The van der Waals surface area contributed by atoms with Crippen LogP contribution in [-0.4, -0.2) is 36.4 Å². The standard InChI is InChI=1S/C18H21ClN4OS.ClH/c1-23(2)12-11-16(9-10-17-4-3-13-24-17)21-22-18(25)20-15-7-5-14(19)6-8-15;/h3-10,13H,11-12H2,1-2H3,(H2,20,22,25);1H/b10-9+,21-16-;. The van der Waals surface area contributed by atoms with Crippen LogP contribution in [0.2, 0.25) is 5.02 Å². The normalized spacial score (nSPS) is 11.5. The maximum Gasteiger partial charge on any atom is 0.191 e. The minimum absolute atomic E-state index is 0. The summed E-state index contributed by atoms with van der Waals surface area (Å²) in [7, 11) is 4.04. The third-order valence-electron chi connectivity index (χ3n) is 3.20. The minimum atomic E-state index is 0. The molecule has 0 aliphatic rings. The number of nitrogens with one attached hydrogen (secondary N) is 2. The van der Waals surface area contributed by atoms with Gasteiger partial charge in [-0.2, -0.15) is 5.10 Å². The molecule has 140 valence electrons. The zero-order valence-corrected chi connectivity index (χ0v) is 17.0. The van der Waals surface area contributed by atoms with Crippen LogP contribution >= 0.6 is 36.2 Å². The molecule has 0 saturated heterocycles. The van der Waals surface area contributed by atoms with Crippen LogP contribution in [0.1, 0.15) is 12.2 Å². The van der Waals surface area contributed by atoms with Gasteiger partial charge in [-0.15, -0.1) is 12.4 Å². The first-order chi connectivity index (χ1) is 12.0. The second-order valence-electron chi connectivity index (χ2n) is 5.58. The van der Waals surface area contributed by atoms with Crippen molar-refractivity contribution in [1.82, 2.24) is 10.3 Å². The molecule has 0 saturated carbocycles. The number of anilines is 1. The van der Waals surface area contributed by atoms with E-state index in [9.17, 15) is 0 Å². The van der Waals surface area contributed by atoms with Crippen LogP contribution in [0.25, 0.3) is 6.08 Å². The highest BCUT2D eigenvalue weighted by Crippen LogP contribution is 2.13. The number of allylic oxidation sites excluding steroid dienone is 1. The molecule has 1 heterocycles. The minimum Gasteiger partial charge on any atom is -0.465 e. The van der Waals surface area contributed by atoms with Gasteiger partial charge in [0.25, 0.3) is 0 Å². The number of benzene rings is 1. The molecule has 1 aromatic heterocycles. The van der Waals surface area contributed by atoms with Crippen LogP contribution in [0, 0.1) is 0 Å². The Morgan fingerprint density at radius 3 is 2.62 bits per heavy atom. The van der Waals surface area contributed by atoms with Gasteiger partial charge in [0, 0.05) is 23.7 Å². The van der Waals surface area contributed by atoms with Gasteiger partial charge in [-0.1, -0.05) is 11.6 Å². The molecule has 1 aromatic carbocycles. The molecule has 26 heavy (non-hydrogen) atoms. The Morgan fingerprint density at radius 1 is 1.27 bits per heavy atom. The molecule has 0 unspecified atom stereocenters. The average molecular weight is 413 g/mol. The predicted octanol–water partition coefficient (Wildman–Crippen LogP) is 4.66. The van der Waals surface area contributed by atoms with Crippen LogP contribution in [0.15, 0.2) is 58.3 Å². The van der Waals surface area contributed by atoms with E-state index < -0.39 is 0 Å². The Balaban J connectivity index is 0.00000338. The summed E-state index contributed by atoms with van der Waals surface area (Å²) < 4.78 is 5.30. The van der Waals surface area contributed by atoms with Crippen LogP contribution in [0.5, 0.6) is 0 Å². The van der Waals surface area contributed by atoms with Gasteiger partial charge >= 0.3 is 0 Å². The van der Waals surface area contributed by atoms with E-state index in [1.165, 1.54) is 0 Å². The van der Waals surface area contributed by atoms with E-state index >= 15 is 0 Å². The van der Waals surface area contributed by atoms with Crippen molar-refractivity contribution in [2.45, 2.75) is 6.42 Å². The summed E-state index contributed by atoms with van der Waals surface area (Å²) >= 11 is 11.1. The highest BCUT2D eigenvalue weighted by molar-refractivity contribution is 7.80. The first-order valence-corrected chi connectivity index (χ1v) is 8.57. The van der Waals surface area contributed by atoms with Crippen LogP contribution in [0.3, 0.4) is 0 Å². The number of nitrogens with zero attached hydrogens (tertiary/aromatic N) is 2. The second kappa shape index (κ2) is 11.7. The maximum absolute atomic E-state index is 5.87. The fraction of sp³-hybridized carbons (Fsp3) is 0.222. The number of hydrazone groups is 1. The molecule has 0 amide bonds. The number of hydrogen-bond acceptors (Lipinski definition) is 4. The SMILES string of the molecule is CN(C)CCC(/C=C/c1ccco1)=N\NC(=S)Nc1ccc(Cl)cc1.Cl. The summed E-state index contributed by atoms with van der Waals surface area (Å²) in [4.78, 5) is 2.10. The van der Waals surface area contributed by atoms with Crippen LogP contribution in [0.4, 0.5) is 5.69 Å². The lowest BCUT2D eigenvalue weighted by Crippen LogP contribution is -2.25. The molecule has 2 rings (SSSR count). The molecule has 0 bridgehead atoms. The second-order valence-corrected chi connectivity index (χ2v) is 6.42. The van der Waals surface area contributed by atoms with E-state index in [1.54, 1.807) is 18.4 Å². The average Bonchev–Trinajstić information content (AvgIpc) is 3.09. The zero-order valence-electron chi connectivity index (χ0n) is 14.6. The Hall–Kier alpha value is -1.86. The van der Waals surface area contributed by atoms with Crippen molar-refractivity contribution in [2.75, 3.05) is 26.0 Å². The lowest BCUT2D eigenvalue weighted by Gasteiger charge is -2.11. The summed E-state index contributed by atoms with van der Waals surface area (Å²) in [5, 5.41) is 8.54. The molecule has 0 spiro atoms. The van der Waals surface area contributed by atoms with Gasteiger partial charge in [0.15, 0.2) is 5.11 Å². The molecule has 8 heteroatoms. The van der Waals surface area contributed by atoms with Crippen LogP contribution < -0.4 is 10.7 Å². The Morgan fingerprint density at radius 2 is 2.00 bits per heavy atom. The first-order valence-electron chi connectivity index (χ1n) is 7.78. The Bertz CT molecular complexity index is 728. The zero-order chi connectivity index (χ0) is 18.1. The summed E-state index contributed by atoms with van der Waals surface area (Å²) in [5.41, 5.74) is 4.59. The van der Waals surface area contributed by atoms with Gasteiger partial charge in [-0.25, -0.2) is 0 Å². The fourth-order valence-corrected chi connectivity index (χ4v) is 2.18. The number of hydrogen-bond donors (Lipinski definition) is 2. The van der Waals surface area contributed by atoms with Gasteiger partial charge < -0.3 is 14.6 Å². The summed E-state index contributed by atoms with van der Waals surface area (Å²) in [6.07, 6.45) is 6.21. The smallest absolute Gasteiger partial charge is 0.191 e. The van der Waals surface area contributed by atoms with Gasteiger partial charge in [-0.3, -0.25) is 5.43 Å². The molecule has 0 fully saturated rings. The van der Waals surface area contributed by atoms with Crippen molar-refractivity contribution in [3.05, 3.63) is 59.5 Å². The van der Waals surface area contributed by atoms with E-state index in [1.807, 2.05) is 50.5 Å². The van der Waals surface area contributed by atoms with Crippen molar-refractivity contribution >= 4 is 58.8 Å². The molecule has 0 aliphatic heterocycles. The first kappa shape index (κ1) is 22.2. The molecule has 0 atom stereocenters. The topological polar surface area (TPSA) is 52.8 Å². The fourth-order valence-electron chi connectivity index (χ4n) is 1.89. The van der Waals surface area contributed by atoms with E-state index in [0.717, 1.165) is 30.1 Å². The monoisotopic (exact) mass is 412 g/mol. The van der Waals surface area contributed by atoms with Gasteiger partial charge in [0.05, 0.1) is 12.0 Å². The van der Waals surface area contributed by atoms with E-state index in [4.69, 9.17) is 28.2 Å². The van der Waals surface area contributed by atoms with Crippen molar-refractivity contribution in [2.24, 2.45) is 5.10 Å². The number of rotatable bonds is 7. The van der Waals surface area contributed by atoms with E-state index in [2.05, 4.69) is 20.7 Å². The maximum atomic E-state index is 5.87. The van der Waals surface area contributed by atoms with Crippen molar-refractivity contribution in [3.63, 3.8) is 0 Å². The third kappa shape index (κ3) is 8.49. The largest absolute Gasteiger partial charge is 0.465 e. The molecular weight excluding hydrogens is 391 g/mol. The van der Waals surface area contributed by atoms with E-state index in [0.29, 0.717) is 10.1 Å². The molecule has 2 N–H and O–H groups in total. The lowest BCUT2D eigenvalue weighted by atomic mass is 10.2. The number of thiocarbonyl (C=S) groups is 1. The highest BCUT2D eigenvalue weighted by Gasteiger charge is 2.01. The highest BCUT2D eigenvalue weighted by atomic mass is 35.5. The Kier molecular flexibility index (Phi) is 9.98. The predicted molar refractivity (Wildman–Crippen MR) is 116 cm³/mol. The quantitative estimate of drug-likeness (QED) is 0.393. The summed E-state index contributed by atoms with van der Waals surface area (Å²) in [6, 6.07) is 11.0. The van der Waals surface area contributed by atoms with Crippen molar-refractivity contribution < 1.29 is 4.42 Å². The van der Waals surface area contributed by atoms with E-state index in [-0.39, 0.29) is 12.4 Å². The van der Waals surface area contributed by atoms with Gasteiger partial charge in [0.1, 0.15) is 5.76 Å².